The highest BCUT2D eigenvalue weighted by Crippen LogP contribution is 2.19. The van der Waals surface area contributed by atoms with Crippen molar-refractivity contribution < 1.29 is 14.1 Å². The molecule has 0 radical (unpaired) electrons. The number of hydrogen-bond acceptors (Lipinski definition) is 3. The van der Waals surface area contributed by atoms with E-state index in [4.69, 9.17) is 4.74 Å². The minimum Gasteiger partial charge on any atom is -0.462 e. The summed E-state index contributed by atoms with van der Waals surface area (Å²) in [7, 11) is 0. The molecule has 0 amide bonds. The van der Waals surface area contributed by atoms with Crippen LogP contribution in [0.3, 0.4) is 0 Å². The predicted molar refractivity (Wildman–Crippen MR) is 89.8 cm³/mol. The number of aromatic nitrogens is 2. The van der Waals surface area contributed by atoms with Crippen LogP contribution in [0.15, 0.2) is 65.7 Å². The molecule has 0 bridgehead atoms. The van der Waals surface area contributed by atoms with Gasteiger partial charge in [0.2, 0.25) is 0 Å². The maximum Gasteiger partial charge on any atom is 0.508 e. The molecule has 2 aromatic carbocycles. The summed E-state index contributed by atoms with van der Waals surface area (Å²) in [6, 6.07) is 14.7. The highest BCUT2D eigenvalue weighted by atomic mass is 16.5. The highest BCUT2D eigenvalue weighted by Gasteiger charge is 2.18. The van der Waals surface area contributed by atoms with Crippen molar-refractivity contribution in [3.63, 3.8) is 0 Å². The highest BCUT2D eigenvalue weighted by molar-refractivity contribution is 5.95. The van der Waals surface area contributed by atoms with E-state index in [1.165, 1.54) is 0 Å². The Morgan fingerprint density at radius 2 is 1.83 bits per heavy atom. The third-order valence-electron chi connectivity index (χ3n) is 4.08. The summed E-state index contributed by atoms with van der Waals surface area (Å²) in [6.07, 6.45) is 3.60. The van der Waals surface area contributed by atoms with Gasteiger partial charge < -0.3 is 4.74 Å². The number of carbonyl (C=O) groups excluding carboxylic acids is 1. The van der Waals surface area contributed by atoms with Crippen molar-refractivity contribution in [2.24, 2.45) is 0 Å². The zero-order valence-corrected chi connectivity index (χ0v) is 13.1. The maximum atomic E-state index is 12.8. The molecule has 0 aliphatic heterocycles. The van der Waals surface area contributed by atoms with Crippen LogP contribution in [-0.4, -0.2) is 17.0 Å². The van der Waals surface area contributed by atoms with E-state index in [2.05, 4.69) is 0 Å². The second-order valence-electron chi connectivity index (χ2n) is 5.52. The van der Waals surface area contributed by atoms with Crippen LogP contribution in [0.1, 0.15) is 17.3 Å². The molecule has 24 heavy (non-hydrogen) atoms. The van der Waals surface area contributed by atoms with Crippen LogP contribution >= 0.6 is 0 Å². The van der Waals surface area contributed by atoms with Crippen LogP contribution in [0.25, 0.3) is 22.0 Å². The van der Waals surface area contributed by atoms with Crippen molar-refractivity contribution in [2.75, 3.05) is 6.61 Å². The van der Waals surface area contributed by atoms with E-state index in [1.54, 1.807) is 46.4 Å². The SMILES string of the molecule is CCOC(=O)c1ccc(-[n+]2cc3cccc4ccn(c2=O)c43)cc1. The molecule has 4 aromatic rings. The molecule has 2 aromatic heterocycles. The van der Waals surface area contributed by atoms with E-state index in [1.807, 2.05) is 30.5 Å². The summed E-state index contributed by atoms with van der Waals surface area (Å²) in [6.45, 7) is 2.10. The molecule has 5 nitrogen and oxygen atoms in total. The summed E-state index contributed by atoms with van der Waals surface area (Å²) in [5, 5.41) is 2.01. The molecule has 0 spiro atoms. The van der Waals surface area contributed by atoms with Crippen LogP contribution in [-0.2, 0) is 4.74 Å². The molecular weight excluding hydrogens is 304 g/mol. The molecule has 0 N–H and O–H groups in total. The maximum absolute atomic E-state index is 12.8. The first-order valence-corrected chi connectivity index (χ1v) is 7.75. The lowest BCUT2D eigenvalue weighted by molar-refractivity contribution is -0.614. The van der Waals surface area contributed by atoms with Crippen molar-refractivity contribution in [3.05, 3.63) is 77.0 Å². The van der Waals surface area contributed by atoms with Crippen molar-refractivity contribution in [3.8, 4) is 5.69 Å². The van der Waals surface area contributed by atoms with Gasteiger partial charge in [-0.2, -0.15) is 13.8 Å². The van der Waals surface area contributed by atoms with E-state index < -0.39 is 0 Å². The number of hydrogen-bond donors (Lipinski definition) is 0. The lowest BCUT2D eigenvalue weighted by atomic mass is 10.2. The molecule has 0 saturated carbocycles. The lowest BCUT2D eigenvalue weighted by Crippen LogP contribution is -2.50. The minimum atomic E-state index is -0.365. The summed E-state index contributed by atoms with van der Waals surface area (Å²) in [5.74, 6) is -0.365. The Kier molecular flexibility index (Phi) is 3.27. The molecule has 0 atom stereocenters. The fourth-order valence-corrected chi connectivity index (χ4v) is 2.95. The molecule has 0 fully saturated rings. The summed E-state index contributed by atoms with van der Waals surface area (Å²) >= 11 is 0. The fraction of sp³-hybridized carbons (Fsp3) is 0.105. The Balaban J connectivity index is 1.86. The summed E-state index contributed by atoms with van der Waals surface area (Å²) in [5.41, 5.74) is 1.94. The second-order valence-corrected chi connectivity index (χ2v) is 5.52. The normalized spacial score (nSPS) is 11.2. The topological polar surface area (TPSA) is 51.7 Å². The van der Waals surface area contributed by atoms with Crippen molar-refractivity contribution in [1.29, 1.82) is 0 Å². The molecule has 0 aliphatic rings. The number of esters is 1. The summed E-state index contributed by atoms with van der Waals surface area (Å²) < 4.78 is 8.20. The number of carbonyl (C=O) groups is 1. The average molecular weight is 319 g/mol. The smallest absolute Gasteiger partial charge is 0.462 e. The van der Waals surface area contributed by atoms with Gasteiger partial charge in [-0.05, 0) is 43.3 Å². The van der Waals surface area contributed by atoms with Crippen LogP contribution in [0.2, 0.25) is 0 Å². The Bertz CT molecular complexity index is 1100. The Hall–Kier alpha value is -3.21. The largest absolute Gasteiger partial charge is 0.508 e. The van der Waals surface area contributed by atoms with Gasteiger partial charge in [0.05, 0.1) is 17.6 Å². The molecule has 0 saturated heterocycles. The van der Waals surface area contributed by atoms with Gasteiger partial charge in [-0.3, -0.25) is 0 Å². The summed E-state index contributed by atoms with van der Waals surface area (Å²) in [4.78, 5) is 24.5. The number of nitrogens with zero attached hydrogens (tertiary/aromatic N) is 2. The quantitative estimate of drug-likeness (QED) is 0.430. The van der Waals surface area contributed by atoms with Crippen LogP contribution in [0.4, 0.5) is 0 Å². The standard InChI is InChI=1S/C19H15N2O3/c1-2-24-18(22)14-6-8-16(9-7-14)21-12-15-5-3-4-13-10-11-20(17(13)15)19(21)23/h3-12H,2H2,1H3/q+1. The first-order chi connectivity index (χ1) is 11.7. The third-order valence-corrected chi connectivity index (χ3v) is 4.08. The lowest BCUT2D eigenvalue weighted by Gasteiger charge is -2.04. The Morgan fingerprint density at radius 3 is 2.58 bits per heavy atom. The zero-order valence-electron chi connectivity index (χ0n) is 13.1. The average Bonchev–Trinajstić information content (AvgIpc) is 3.04. The van der Waals surface area contributed by atoms with E-state index >= 15 is 0 Å². The van der Waals surface area contributed by atoms with E-state index in [0.717, 1.165) is 16.3 Å². The first kappa shape index (κ1) is 14.4. The van der Waals surface area contributed by atoms with Gasteiger partial charge >= 0.3 is 11.7 Å². The zero-order chi connectivity index (χ0) is 16.7. The van der Waals surface area contributed by atoms with Crippen LogP contribution in [0.5, 0.6) is 0 Å². The molecule has 4 rings (SSSR count). The van der Waals surface area contributed by atoms with Crippen molar-refractivity contribution >= 4 is 22.3 Å². The van der Waals surface area contributed by atoms with E-state index in [0.29, 0.717) is 17.9 Å². The monoisotopic (exact) mass is 319 g/mol. The van der Waals surface area contributed by atoms with Gasteiger partial charge in [-0.1, -0.05) is 12.1 Å². The van der Waals surface area contributed by atoms with Crippen LogP contribution < -0.4 is 10.3 Å². The molecule has 5 heteroatoms. The molecule has 118 valence electrons. The Morgan fingerprint density at radius 1 is 1.08 bits per heavy atom. The fourth-order valence-electron chi connectivity index (χ4n) is 2.95. The number of para-hydroxylation sites is 1. The second kappa shape index (κ2) is 5.45. The van der Waals surface area contributed by atoms with Gasteiger partial charge in [-0.25, -0.2) is 4.79 Å². The number of ether oxygens (including phenoxy) is 1. The Labute approximate surface area is 137 Å². The molecule has 0 aliphatic carbocycles. The van der Waals surface area contributed by atoms with Crippen molar-refractivity contribution in [2.45, 2.75) is 6.92 Å². The first-order valence-electron chi connectivity index (χ1n) is 7.75. The van der Waals surface area contributed by atoms with E-state index in [-0.39, 0.29) is 11.7 Å². The minimum absolute atomic E-state index is 0.146. The van der Waals surface area contributed by atoms with Gasteiger partial charge in [0.15, 0.2) is 5.52 Å². The van der Waals surface area contributed by atoms with Gasteiger partial charge in [0.25, 0.3) is 0 Å². The van der Waals surface area contributed by atoms with Gasteiger partial charge in [0, 0.05) is 5.39 Å². The predicted octanol–water partition coefficient (Wildman–Crippen LogP) is 2.34. The van der Waals surface area contributed by atoms with Gasteiger partial charge in [0.1, 0.15) is 18.1 Å². The number of benzene rings is 2. The molecule has 0 unspecified atom stereocenters. The third kappa shape index (κ3) is 2.13. The molecule has 2 heterocycles. The number of rotatable bonds is 3. The van der Waals surface area contributed by atoms with Crippen molar-refractivity contribution in [1.82, 2.24) is 4.40 Å². The van der Waals surface area contributed by atoms with E-state index in [9.17, 15) is 9.59 Å². The molecular formula is C19H15N2O3+. The van der Waals surface area contributed by atoms with Crippen LogP contribution in [0, 0.1) is 0 Å². The van der Waals surface area contributed by atoms with Gasteiger partial charge in [-0.15, -0.1) is 0 Å².